The second-order valence-electron chi connectivity index (χ2n) is 6.82. The molecule has 0 aromatic carbocycles. The van der Waals surface area contributed by atoms with E-state index in [0.717, 1.165) is 18.5 Å². The van der Waals surface area contributed by atoms with Gasteiger partial charge in [0.25, 0.3) is 5.91 Å². The molecule has 0 unspecified atom stereocenters. The Labute approximate surface area is 127 Å². The minimum absolute atomic E-state index is 0.0576. The van der Waals surface area contributed by atoms with Crippen LogP contribution < -0.4 is 5.32 Å². The molecular weight excluding hydrogens is 266 g/mol. The van der Waals surface area contributed by atoms with Crippen molar-refractivity contribution in [3.8, 4) is 0 Å². The maximum absolute atomic E-state index is 12.5. The maximum atomic E-state index is 12.5. The molecule has 0 saturated heterocycles. The number of hydrogen-bond donors (Lipinski definition) is 1. The van der Waals surface area contributed by atoms with Gasteiger partial charge in [-0.25, -0.2) is 4.68 Å². The van der Waals surface area contributed by atoms with Gasteiger partial charge in [-0.3, -0.25) is 9.59 Å². The van der Waals surface area contributed by atoms with Crippen LogP contribution >= 0.6 is 0 Å². The van der Waals surface area contributed by atoms with Crippen molar-refractivity contribution in [3.05, 3.63) is 11.8 Å². The van der Waals surface area contributed by atoms with Crippen LogP contribution in [-0.2, 0) is 4.79 Å². The highest BCUT2D eigenvalue weighted by Crippen LogP contribution is 2.25. The van der Waals surface area contributed by atoms with E-state index in [0.29, 0.717) is 5.82 Å². The third-order valence-electron chi connectivity index (χ3n) is 4.28. The van der Waals surface area contributed by atoms with Crippen molar-refractivity contribution in [1.29, 1.82) is 0 Å². The summed E-state index contributed by atoms with van der Waals surface area (Å²) in [5.74, 6) is 0.286. The molecule has 0 spiro atoms. The number of carbonyl (C=O) groups is 2. The molecule has 0 aliphatic carbocycles. The average Bonchev–Trinajstić information content (AvgIpc) is 2.78. The van der Waals surface area contributed by atoms with E-state index in [1.165, 1.54) is 4.68 Å². The quantitative estimate of drug-likeness (QED) is 0.901. The number of nitrogens with zero attached hydrogens (tertiary/aromatic N) is 2. The molecule has 1 N–H and O–H groups in total. The Morgan fingerprint density at radius 3 is 2.14 bits per heavy atom. The molecule has 118 valence electrons. The first-order valence-corrected chi connectivity index (χ1v) is 7.48. The number of anilines is 1. The van der Waals surface area contributed by atoms with Crippen molar-refractivity contribution in [3.63, 3.8) is 0 Å². The molecule has 1 amide bonds. The Morgan fingerprint density at radius 2 is 1.67 bits per heavy atom. The molecule has 1 aromatic rings. The zero-order chi connectivity index (χ0) is 16.4. The van der Waals surface area contributed by atoms with Crippen LogP contribution in [0.3, 0.4) is 0 Å². The molecule has 0 radical (unpaired) electrons. The number of aryl methyl sites for hydroxylation is 1. The first-order valence-electron chi connectivity index (χ1n) is 7.48. The van der Waals surface area contributed by atoms with Gasteiger partial charge in [0.1, 0.15) is 0 Å². The highest BCUT2D eigenvalue weighted by atomic mass is 16.2. The monoisotopic (exact) mass is 293 g/mol. The van der Waals surface area contributed by atoms with E-state index in [1.807, 2.05) is 48.5 Å². The van der Waals surface area contributed by atoms with Gasteiger partial charge in [0.2, 0.25) is 5.91 Å². The Morgan fingerprint density at radius 1 is 1.14 bits per heavy atom. The summed E-state index contributed by atoms with van der Waals surface area (Å²) in [4.78, 5) is 24.6. The molecule has 1 rings (SSSR count). The number of carbonyl (C=O) groups excluding carboxylic acids is 2. The number of amides is 1. The van der Waals surface area contributed by atoms with Gasteiger partial charge in [0.05, 0.1) is 0 Å². The van der Waals surface area contributed by atoms with Gasteiger partial charge >= 0.3 is 0 Å². The molecule has 0 aliphatic heterocycles. The van der Waals surface area contributed by atoms with E-state index < -0.39 is 10.8 Å². The zero-order valence-corrected chi connectivity index (χ0v) is 14.2. The summed E-state index contributed by atoms with van der Waals surface area (Å²) < 4.78 is 1.39. The van der Waals surface area contributed by atoms with E-state index in [4.69, 9.17) is 0 Å². The largest absolute Gasteiger partial charge is 0.309 e. The summed E-state index contributed by atoms with van der Waals surface area (Å²) in [6.45, 7) is 13.3. The van der Waals surface area contributed by atoms with Crippen LogP contribution in [0.2, 0.25) is 0 Å². The van der Waals surface area contributed by atoms with Gasteiger partial charge < -0.3 is 5.32 Å². The third kappa shape index (κ3) is 3.71. The first-order chi connectivity index (χ1) is 9.55. The maximum Gasteiger partial charge on any atom is 0.252 e. The van der Waals surface area contributed by atoms with Gasteiger partial charge in [0.15, 0.2) is 5.82 Å². The molecule has 21 heavy (non-hydrogen) atoms. The second-order valence-corrected chi connectivity index (χ2v) is 6.82. The van der Waals surface area contributed by atoms with E-state index in [-0.39, 0.29) is 11.8 Å². The Bertz CT molecular complexity index is 542. The molecule has 0 fully saturated rings. The van der Waals surface area contributed by atoms with Crippen molar-refractivity contribution in [2.75, 3.05) is 5.32 Å². The van der Waals surface area contributed by atoms with E-state index in [1.54, 1.807) is 6.07 Å². The molecule has 0 saturated carbocycles. The predicted molar refractivity (Wildman–Crippen MR) is 84.4 cm³/mol. The molecular formula is C16H27N3O2. The van der Waals surface area contributed by atoms with Gasteiger partial charge in [-0.05, 0) is 19.8 Å². The molecule has 0 bridgehead atoms. The van der Waals surface area contributed by atoms with Crippen molar-refractivity contribution < 1.29 is 9.59 Å². The van der Waals surface area contributed by atoms with E-state index in [2.05, 4.69) is 10.4 Å². The summed E-state index contributed by atoms with van der Waals surface area (Å²) in [6.07, 6.45) is 1.47. The molecule has 0 aliphatic rings. The molecule has 0 atom stereocenters. The lowest BCUT2D eigenvalue weighted by Gasteiger charge is -2.21. The summed E-state index contributed by atoms with van der Waals surface area (Å²) in [5.41, 5.74) is -0.198. The van der Waals surface area contributed by atoms with Crippen molar-refractivity contribution >= 4 is 17.6 Å². The summed E-state index contributed by atoms with van der Waals surface area (Å²) in [7, 11) is 0. The molecule has 5 heteroatoms. The summed E-state index contributed by atoms with van der Waals surface area (Å²) >= 11 is 0. The summed E-state index contributed by atoms with van der Waals surface area (Å²) in [5, 5.41) is 7.04. The van der Waals surface area contributed by atoms with Crippen LogP contribution in [-0.4, -0.2) is 21.6 Å². The smallest absolute Gasteiger partial charge is 0.252 e. The fraction of sp³-hybridized carbons (Fsp3) is 0.688. The predicted octanol–water partition coefficient (Wildman–Crippen LogP) is 3.64. The van der Waals surface area contributed by atoms with Crippen molar-refractivity contribution in [2.45, 2.75) is 61.3 Å². The summed E-state index contributed by atoms with van der Waals surface area (Å²) in [6, 6.07) is 1.73. The normalized spacial score (nSPS) is 12.3. The topological polar surface area (TPSA) is 64.0 Å². The standard InChI is InChI=1S/C16H27N3O2/c1-8-15(4,5)13(20)17-12-10-11(3)19(18-12)14(21)16(6,7)9-2/h10H,8-9H2,1-7H3,(H,17,18,20). The van der Waals surface area contributed by atoms with Crippen LogP contribution in [0.1, 0.15) is 64.9 Å². The van der Waals surface area contributed by atoms with Gasteiger partial charge in [0, 0.05) is 22.6 Å². The fourth-order valence-electron chi connectivity index (χ4n) is 1.63. The Kier molecular flexibility index (Phi) is 4.97. The van der Waals surface area contributed by atoms with Crippen LogP contribution in [0.25, 0.3) is 0 Å². The van der Waals surface area contributed by atoms with Gasteiger partial charge in [-0.2, -0.15) is 0 Å². The molecule has 5 nitrogen and oxygen atoms in total. The Balaban J connectivity index is 2.99. The zero-order valence-electron chi connectivity index (χ0n) is 14.2. The minimum atomic E-state index is -0.471. The molecule has 1 aromatic heterocycles. The highest BCUT2D eigenvalue weighted by Gasteiger charge is 2.30. The number of hydrogen-bond acceptors (Lipinski definition) is 3. The Hall–Kier alpha value is -1.65. The average molecular weight is 293 g/mol. The molecule has 1 heterocycles. The lowest BCUT2D eigenvalue weighted by atomic mass is 9.89. The highest BCUT2D eigenvalue weighted by molar-refractivity contribution is 5.94. The van der Waals surface area contributed by atoms with Crippen LogP contribution in [0, 0.1) is 17.8 Å². The number of aromatic nitrogens is 2. The van der Waals surface area contributed by atoms with Gasteiger partial charge in [-0.1, -0.05) is 41.5 Å². The second kappa shape index (κ2) is 6.00. The van der Waals surface area contributed by atoms with Crippen molar-refractivity contribution in [1.82, 2.24) is 9.78 Å². The first kappa shape index (κ1) is 17.4. The van der Waals surface area contributed by atoms with Crippen molar-refractivity contribution in [2.24, 2.45) is 10.8 Å². The SMILES string of the molecule is CCC(C)(C)C(=O)Nc1cc(C)n(C(=O)C(C)(C)CC)n1. The van der Waals surface area contributed by atoms with E-state index >= 15 is 0 Å². The van der Waals surface area contributed by atoms with Gasteiger partial charge in [-0.15, -0.1) is 5.10 Å². The number of rotatable bonds is 5. The van der Waals surface area contributed by atoms with Crippen LogP contribution in [0.15, 0.2) is 6.07 Å². The minimum Gasteiger partial charge on any atom is -0.309 e. The third-order valence-corrected chi connectivity index (χ3v) is 4.28. The number of nitrogens with one attached hydrogen (secondary N) is 1. The van der Waals surface area contributed by atoms with Crippen LogP contribution in [0.4, 0.5) is 5.82 Å². The fourth-order valence-corrected chi connectivity index (χ4v) is 1.63. The lowest BCUT2D eigenvalue weighted by Crippen LogP contribution is -2.32. The lowest BCUT2D eigenvalue weighted by molar-refractivity contribution is -0.124. The van der Waals surface area contributed by atoms with Crippen LogP contribution in [0.5, 0.6) is 0 Å². The van der Waals surface area contributed by atoms with E-state index in [9.17, 15) is 9.59 Å².